The van der Waals surface area contributed by atoms with Crippen molar-refractivity contribution in [2.24, 2.45) is 0 Å². The molecule has 5 heteroatoms. The van der Waals surface area contributed by atoms with Crippen molar-refractivity contribution in [3.05, 3.63) is 35.4 Å². The van der Waals surface area contributed by atoms with Gasteiger partial charge in [0.15, 0.2) is 0 Å². The van der Waals surface area contributed by atoms with Crippen molar-refractivity contribution in [3.8, 4) is 0 Å². The van der Waals surface area contributed by atoms with Crippen molar-refractivity contribution in [3.63, 3.8) is 0 Å². The van der Waals surface area contributed by atoms with Crippen molar-refractivity contribution in [2.75, 3.05) is 0 Å². The summed E-state index contributed by atoms with van der Waals surface area (Å²) in [6.45, 7) is 7.20. The van der Waals surface area contributed by atoms with Gasteiger partial charge in [0.25, 0.3) is 0 Å². The number of ether oxygens (including phenoxy) is 1. The van der Waals surface area contributed by atoms with Gasteiger partial charge < -0.3 is 15.2 Å². The molecule has 21 heavy (non-hydrogen) atoms. The van der Waals surface area contributed by atoms with E-state index in [1.807, 2.05) is 31.2 Å². The van der Waals surface area contributed by atoms with E-state index in [4.69, 9.17) is 4.74 Å². The molecule has 0 saturated heterocycles. The van der Waals surface area contributed by atoms with E-state index in [0.29, 0.717) is 0 Å². The molecule has 0 aromatic heterocycles. The highest BCUT2D eigenvalue weighted by atomic mass is 16.6. The number of rotatable bonds is 5. The minimum atomic E-state index is -1.08. The van der Waals surface area contributed by atoms with Crippen molar-refractivity contribution < 1.29 is 19.4 Å². The third-order valence-corrected chi connectivity index (χ3v) is 2.91. The average molecular weight is 293 g/mol. The lowest BCUT2D eigenvalue weighted by atomic mass is 9.99. The second-order valence-electron chi connectivity index (χ2n) is 5.86. The number of alkyl carbamates (subject to hydrolysis) is 1. The third-order valence-electron chi connectivity index (χ3n) is 2.91. The molecule has 5 nitrogen and oxygen atoms in total. The molecule has 0 heterocycles. The topological polar surface area (TPSA) is 75.6 Å². The van der Waals surface area contributed by atoms with E-state index < -0.39 is 23.7 Å². The lowest BCUT2D eigenvalue weighted by Gasteiger charge is -2.22. The van der Waals surface area contributed by atoms with Gasteiger partial charge in [-0.3, -0.25) is 0 Å². The first-order valence-corrected chi connectivity index (χ1v) is 7.02. The molecule has 116 valence electrons. The number of nitrogens with one attached hydrogen (secondary N) is 1. The summed E-state index contributed by atoms with van der Waals surface area (Å²) in [5.41, 5.74) is 1.34. The molecule has 1 aromatic rings. The summed E-state index contributed by atoms with van der Waals surface area (Å²) in [6, 6.07) is 6.61. The van der Waals surface area contributed by atoms with E-state index in [-0.39, 0.29) is 6.42 Å². The summed E-state index contributed by atoms with van der Waals surface area (Å²) in [6.07, 6.45) is 0.331. The summed E-state index contributed by atoms with van der Waals surface area (Å²) in [5, 5.41) is 11.7. The maximum Gasteiger partial charge on any atom is 0.408 e. The fraction of sp³-hybridized carbons (Fsp3) is 0.500. The minimum Gasteiger partial charge on any atom is -0.480 e. The molecule has 0 saturated carbocycles. The number of amides is 1. The Morgan fingerprint density at radius 3 is 2.29 bits per heavy atom. The van der Waals surface area contributed by atoms with Gasteiger partial charge in [0.05, 0.1) is 0 Å². The number of hydrogen-bond acceptors (Lipinski definition) is 3. The molecule has 0 aliphatic rings. The largest absolute Gasteiger partial charge is 0.480 e. The molecule has 1 rings (SSSR count). The molecular formula is C16H23NO4. The molecule has 1 aromatic carbocycles. The fourth-order valence-electron chi connectivity index (χ4n) is 1.97. The lowest BCUT2D eigenvalue weighted by Crippen LogP contribution is -2.44. The monoisotopic (exact) mass is 293 g/mol. The Morgan fingerprint density at radius 1 is 1.24 bits per heavy atom. The minimum absolute atomic E-state index is 0.235. The Labute approximate surface area is 125 Å². The zero-order valence-electron chi connectivity index (χ0n) is 13.0. The highest BCUT2D eigenvalue weighted by Gasteiger charge is 2.24. The van der Waals surface area contributed by atoms with Gasteiger partial charge in [-0.05, 0) is 38.3 Å². The molecule has 1 unspecified atom stereocenters. The molecule has 1 atom stereocenters. The summed E-state index contributed by atoms with van der Waals surface area (Å²) < 4.78 is 5.10. The van der Waals surface area contributed by atoms with Crippen LogP contribution >= 0.6 is 0 Å². The predicted molar refractivity (Wildman–Crippen MR) is 80.3 cm³/mol. The molecular weight excluding hydrogens is 270 g/mol. The number of carbonyl (C=O) groups is 2. The summed E-state index contributed by atoms with van der Waals surface area (Å²) in [5.74, 6) is -1.08. The number of carbonyl (C=O) groups excluding carboxylic acids is 1. The number of benzene rings is 1. The fourth-order valence-corrected chi connectivity index (χ4v) is 1.97. The van der Waals surface area contributed by atoms with Crippen molar-refractivity contribution in [1.29, 1.82) is 0 Å². The second-order valence-corrected chi connectivity index (χ2v) is 5.86. The van der Waals surface area contributed by atoms with Crippen molar-refractivity contribution >= 4 is 12.1 Å². The normalized spacial score (nSPS) is 12.6. The predicted octanol–water partition coefficient (Wildman–Crippen LogP) is 2.77. The van der Waals surface area contributed by atoms with Crippen LogP contribution in [0.1, 0.15) is 38.8 Å². The molecule has 0 aliphatic heterocycles. The quantitative estimate of drug-likeness (QED) is 0.875. The number of carboxylic acids is 1. The van der Waals surface area contributed by atoms with Crippen molar-refractivity contribution in [1.82, 2.24) is 5.32 Å². The second kappa shape index (κ2) is 7.11. The Balaban J connectivity index is 2.79. The number of hydrogen-bond donors (Lipinski definition) is 2. The van der Waals surface area contributed by atoms with Crippen LogP contribution in [-0.2, 0) is 22.4 Å². The van der Waals surface area contributed by atoms with Crippen LogP contribution in [0.4, 0.5) is 4.79 Å². The van der Waals surface area contributed by atoms with Gasteiger partial charge in [-0.2, -0.15) is 0 Å². The smallest absolute Gasteiger partial charge is 0.408 e. The maximum atomic E-state index is 11.7. The number of aliphatic carboxylic acids is 1. The van der Waals surface area contributed by atoms with Crippen LogP contribution in [0.15, 0.2) is 24.3 Å². The summed E-state index contributed by atoms with van der Waals surface area (Å²) in [7, 11) is 0. The van der Waals surface area contributed by atoms with E-state index in [0.717, 1.165) is 17.5 Å². The first kappa shape index (κ1) is 17.0. The summed E-state index contributed by atoms with van der Waals surface area (Å²) in [4.78, 5) is 23.1. The van der Waals surface area contributed by atoms with Crippen LogP contribution in [0, 0.1) is 0 Å². The molecule has 0 radical (unpaired) electrons. The van der Waals surface area contributed by atoms with E-state index in [2.05, 4.69) is 5.32 Å². The van der Waals surface area contributed by atoms with Crippen LogP contribution in [-0.4, -0.2) is 28.8 Å². The van der Waals surface area contributed by atoms with Crippen LogP contribution in [0.25, 0.3) is 0 Å². The Kier molecular flexibility index (Phi) is 5.76. The van der Waals surface area contributed by atoms with Gasteiger partial charge in [-0.1, -0.05) is 31.2 Å². The van der Waals surface area contributed by atoms with Gasteiger partial charge in [0, 0.05) is 6.42 Å². The SMILES string of the molecule is CCc1ccccc1CC(NC(=O)OC(C)(C)C)C(=O)O. The summed E-state index contributed by atoms with van der Waals surface area (Å²) >= 11 is 0. The zero-order chi connectivity index (χ0) is 16.0. The molecule has 1 amide bonds. The van der Waals surface area contributed by atoms with Crippen LogP contribution in [0.5, 0.6) is 0 Å². The Morgan fingerprint density at radius 2 is 1.81 bits per heavy atom. The van der Waals surface area contributed by atoms with Crippen LogP contribution in [0.2, 0.25) is 0 Å². The zero-order valence-corrected chi connectivity index (χ0v) is 13.0. The van der Waals surface area contributed by atoms with Gasteiger partial charge in [-0.25, -0.2) is 9.59 Å². The molecule has 2 N–H and O–H groups in total. The van der Waals surface area contributed by atoms with E-state index >= 15 is 0 Å². The first-order chi connectivity index (χ1) is 9.73. The third kappa shape index (κ3) is 5.85. The number of aryl methyl sites for hydroxylation is 1. The molecule has 0 fully saturated rings. The number of carboxylic acid groups (broad SMARTS) is 1. The van der Waals surface area contributed by atoms with E-state index in [1.165, 1.54) is 0 Å². The van der Waals surface area contributed by atoms with Gasteiger partial charge in [-0.15, -0.1) is 0 Å². The highest BCUT2D eigenvalue weighted by molar-refractivity contribution is 5.80. The van der Waals surface area contributed by atoms with Gasteiger partial charge >= 0.3 is 12.1 Å². The first-order valence-electron chi connectivity index (χ1n) is 7.02. The average Bonchev–Trinajstić information content (AvgIpc) is 2.36. The Bertz CT molecular complexity index is 505. The highest BCUT2D eigenvalue weighted by Crippen LogP contribution is 2.13. The van der Waals surface area contributed by atoms with E-state index in [9.17, 15) is 14.7 Å². The van der Waals surface area contributed by atoms with Gasteiger partial charge in [0.1, 0.15) is 11.6 Å². The molecule has 0 aliphatic carbocycles. The van der Waals surface area contributed by atoms with Crippen LogP contribution in [0.3, 0.4) is 0 Å². The maximum absolute atomic E-state index is 11.7. The van der Waals surface area contributed by atoms with Crippen LogP contribution < -0.4 is 5.32 Å². The van der Waals surface area contributed by atoms with E-state index in [1.54, 1.807) is 20.8 Å². The van der Waals surface area contributed by atoms with Crippen molar-refractivity contribution in [2.45, 2.75) is 52.2 Å². The Hall–Kier alpha value is -2.04. The van der Waals surface area contributed by atoms with Gasteiger partial charge in [0.2, 0.25) is 0 Å². The molecule has 0 bridgehead atoms. The lowest BCUT2D eigenvalue weighted by molar-refractivity contribution is -0.139. The standard InChI is InChI=1S/C16H23NO4/c1-5-11-8-6-7-9-12(11)10-13(14(18)19)17-15(20)21-16(2,3)4/h6-9,13H,5,10H2,1-4H3,(H,17,20)(H,18,19). The molecule has 0 spiro atoms.